The van der Waals surface area contributed by atoms with Gasteiger partial charge in [-0.15, -0.1) is 0 Å². The number of allylic oxidation sites excluding steroid dienone is 4. The van der Waals surface area contributed by atoms with Gasteiger partial charge in [0.2, 0.25) is 0 Å². The number of carbonyl (C=O) groups excluding carboxylic acids is 2. The van der Waals surface area contributed by atoms with Crippen molar-refractivity contribution in [2.45, 2.75) is 0 Å². The van der Waals surface area contributed by atoms with Gasteiger partial charge in [0.05, 0.1) is 48.1 Å². The molecule has 6 rings (SSSR count). The maximum absolute atomic E-state index is 11.9. The Balaban J connectivity index is 1.37. The van der Waals surface area contributed by atoms with Crippen LogP contribution >= 0.6 is 0 Å². The SMILES string of the molecule is COC(=O)c1ccc(/C(=C2\C=CC(c3ccc(/C(=C4/C=CC=N4)c4ccc(C(=O)OC)cc4)[nH]3)=N2)c2ccc[nH]2)cc1. The molecular formula is C34H26N4O4. The monoisotopic (exact) mass is 554 g/mol. The van der Waals surface area contributed by atoms with Crippen molar-refractivity contribution in [1.29, 1.82) is 0 Å². The molecule has 2 aromatic carbocycles. The van der Waals surface area contributed by atoms with E-state index in [9.17, 15) is 9.59 Å². The lowest BCUT2D eigenvalue weighted by Crippen LogP contribution is -2.01. The van der Waals surface area contributed by atoms with Gasteiger partial charge in [0.15, 0.2) is 0 Å². The minimum atomic E-state index is -0.385. The summed E-state index contributed by atoms with van der Waals surface area (Å²) in [5, 5.41) is 0. The first-order valence-electron chi connectivity index (χ1n) is 13.2. The van der Waals surface area contributed by atoms with Crippen LogP contribution in [0.4, 0.5) is 0 Å². The number of rotatable bonds is 7. The number of aromatic nitrogens is 2. The predicted molar refractivity (Wildman–Crippen MR) is 163 cm³/mol. The van der Waals surface area contributed by atoms with Gasteiger partial charge in [0, 0.05) is 34.9 Å². The zero-order chi connectivity index (χ0) is 29.1. The van der Waals surface area contributed by atoms with Crippen molar-refractivity contribution in [2.24, 2.45) is 9.98 Å². The first-order valence-corrected chi connectivity index (χ1v) is 13.2. The number of carbonyl (C=O) groups is 2. The largest absolute Gasteiger partial charge is 0.465 e. The summed E-state index contributed by atoms with van der Waals surface area (Å²) in [5.74, 6) is -0.767. The van der Waals surface area contributed by atoms with Crippen LogP contribution in [0.1, 0.15) is 48.9 Å². The highest BCUT2D eigenvalue weighted by Gasteiger charge is 2.19. The van der Waals surface area contributed by atoms with Crippen molar-refractivity contribution in [3.05, 3.63) is 154 Å². The average molecular weight is 555 g/mol. The van der Waals surface area contributed by atoms with Gasteiger partial charge in [-0.25, -0.2) is 14.6 Å². The van der Waals surface area contributed by atoms with Crippen LogP contribution in [0.2, 0.25) is 0 Å². The molecule has 4 heterocycles. The lowest BCUT2D eigenvalue weighted by molar-refractivity contribution is 0.0592. The van der Waals surface area contributed by atoms with Crippen molar-refractivity contribution in [2.75, 3.05) is 14.2 Å². The topological polar surface area (TPSA) is 109 Å². The maximum Gasteiger partial charge on any atom is 0.337 e. The van der Waals surface area contributed by atoms with Gasteiger partial charge in [0.25, 0.3) is 0 Å². The summed E-state index contributed by atoms with van der Waals surface area (Å²) in [6.07, 6.45) is 11.4. The molecule has 8 nitrogen and oxygen atoms in total. The average Bonchev–Trinajstić information content (AvgIpc) is 3.86. The highest BCUT2D eigenvalue weighted by atomic mass is 16.5. The van der Waals surface area contributed by atoms with E-state index in [0.29, 0.717) is 11.1 Å². The van der Waals surface area contributed by atoms with Crippen molar-refractivity contribution in [3.8, 4) is 0 Å². The Morgan fingerprint density at radius 2 is 1.29 bits per heavy atom. The fourth-order valence-corrected chi connectivity index (χ4v) is 4.94. The predicted octanol–water partition coefficient (Wildman–Crippen LogP) is 6.13. The van der Waals surface area contributed by atoms with Gasteiger partial charge in [0.1, 0.15) is 0 Å². The standard InChI is InChI=1S/C34H26N4O4/c1-41-33(39)23-11-7-21(8-12-23)31(27-5-3-19-35-27)29-17-15-25(37-29)26-16-18-30(38-26)32(28-6-4-20-36-28)22-9-13-24(14-10-22)34(40)42-2/h3-20,35,38H,1-2H3/b31-29-,32-28-. The molecule has 0 unspecified atom stereocenters. The normalized spacial score (nSPS) is 16.0. The van der Waals surface area contributed by atoms with E-state index in [0.717, 1.165) is 56.5 Å². The Morgan fingerprint density at radius 3 is 1.83 bits per heavy atom. The molecular weight excluding hydrogens is 528 g/mol. The van der Waals surface area contributed by atoms with Crippen molar-refractivity contribution < 1.29 is 19.1 Å². The smallest absolute Gasteiger partial charge is 0.337 e. The van der Waals surface area contributed by atoms with Gasteiger partial charge in [-0.3, -0.25) is 4.99 Å². The maximum atomic E-state index is 11.9. The Bertz CT molecular complexity index is 1830. The molecule has 8 heteroatoms. The molecule has 2 aromatic heterocycles. The molecule has 0 fully saturated rings. The molecule has 0 spiro atoms. The highest BCUT2D eigenvalue weighted by molar-refractivity contribution is 6.11. The van der Waals surface area contributed by atoms with Crippen LogP contribution in [-0.2, 0) is 9.47 Å². The number of hydrogen-bond donors (Lipinski definition) is 2. The fraction of sp³-hybridized carbons (Fsp3) is 0.0588. The van der Waals surface area contributed by atoms with Crippen LogP contribution < -0.4 is 0 Å². The van der Waals surface area contributed by atoms with Crippen molar-refractivity contribution in [1.82, 2.24) is 9.97 Å². The van der Waals surface area contributed by atoms with E-state index in [-0.39, 0.29) is 11.9 Å². The van der Waals surface area contributed by atoms with Gasteiger partial charge in [-0.1, -0.05) is 24.3 Å². The Morgan fingerprint density at radius 1 is 0.667 bits per heavy atom. The lowest BCUT2D eigenvalue weighted by Gasteiger charge is -2.10. The summed E-state index contributed by atoms with van der Waals surface area (Å²) in [6, 6.07) is 22.5. The molecule has 0 amide bonds. The number of nitrogens with zero attached hydrogens (tertiary/aromatic N) is 2. The first-order chi connectivity index (χ1) is 20.6. The molecule has 2 aliphatic rings. The number of esters is 2. The minimum Gasteiger partial charge on any atom is -0.465 e. The third kappa shape index (κ3) is 5.09. The van der Waals surface area contributed by atoms with E-state index in [1.54, 1.807) is 30.5 Å². The molecule has 0 radical (unpaired) electrons. The van der Waals surface area contributed by atoms with Gasteiger partial charge in [-0.2, -0.15) is 0 Å². The van der Waals surface area contributed by atoms with E-state index in [1.807, 2.05) is 79.0 Å². The lowest BCUT2D eigenvalue weighted by atomic mass is 9.99. The van der Waals surface area contributed by atoms with Gasteiger partial charge >= 0.3 is 11.9 Å². The number of nitrogens with one attached hydrogen (secondary N) is 2. The molecule has 2 aliphatic heterocycles. The number of H-pyrrole nitrogens is 2. The number of aliphatic imine (C=N–C) groups is 2. The molecule has 0 bridgehead atoms. The molecule has 2 N–H and O–H groups in total. The molecule has 0 aliphatic carbocycles. The molecule has 4 aromatic rings. The second-order valence-corrected chi connectivity index (χ2v) is 9.50. The van der Waals surface area contributed by atoms with Crippen LogP contribution in [0.5, 0.6) is 0 Å². The summed E-state index contributed by atoms with van der Waals surface area (Å²) >= 11 is 0. The van der Waals surface area contributed by atoms with Crippen molar-refractivity contribution in [3.63, 3.8) is 0 Å². The van der Waals surface area contributed by atoms with Crippen LogP contribution in [0.25, 0.3) is 11.1 Å². The van der Waals surface area contributed by atoms with E-state index >= 15 is 0 Å². The van der Waals surface area contributed by atoms with Crippen molar-refractivity contribution >= 4 is 35.0 Å². The zero-order valence-electron chi connectivity index (χ0n) is 22.9. The Kier molecular flexibility index (Phi) is 7.17. The summed E-state index contributed by atoms with van der Waals surface area (Å²) in [6.45, 7) is 0. The number of ether oxygens (including phenoxy) is 2. The van der Waals surface area contributed by atoms with Crippen LogP contribution in [0.3, 0.4) is 0 Å². The number of hydrogen-bond acceptors (Lipinski definition) is 6. The number of aromatic amines is 2. The molecule has 0 saturated heterocycles. The minimum absolute atomic E-state index is 0.383. The quantitative estimate of drug-likeness (QED) is 0.268. The van der Waals surface area contributed by atoms with E-state index in [1.165, 1.54) is 14.2 Å². The summed E-state index contributed by atoms with van der Waals surface area (Å²) in [7, 11) is 2.73. The highest BCUT2D eigenvalue weighted by Crippen LogP contribution is 2.32. The molecule has 206 valence electrons. The number of methoxy groups -OCH3 is 2. The van der Waals surface area contributed by atoms with Gasteiger partial charge < -0.3 is 19.4 Å². The summed E-state index contributed by atoms with van der Waals surface area (Å²) < 4.78 is 9.69. The molecule has 0 atom stereocenters. The summed E-state index contributed by atoms with van der Waals surface area (Å²) in [5.41, 5.74) is 9.58. The van der Waals surface area contributed by atoms with E-state index in [4.69, 9.17) is 14.5 Å². The third-order valence-electron chi connectivity index (χ3n) is 6.99. The fourth-order valence-electron chi connectivity index (χ4n) is 4.94. The second-order valence-electron chi connectivity index (χ2n) is 9.50. The van der Waals surface area contributed by atoms with Crippen LogP contribution in [0, 0.1) is 0 Å². The zero-order valence-corrected chi connectivity index (χ0v) is 22.9. The second kappa shape index (κ2) is 11.4. The first kappa shape index (κ1) is 26.5. The molecule has 0 saturated carbocycles. The van der Waals surface area contributed by atoms with E-state index in [2.05, 4.69) is 15.0 Å². The van der Waals surface area contributed by atoms with Gasteiger partial charge in [-0.05, 0) is 84.0 Å². The Hall–Kier alpha value is -5.76. The number of benzene rings is 2. The molecule has 42 heavy (non-hydrogen) atoms. The van der Waals surface area contributed by atoms with Crippen LogP contribution in [0.15, 0.2) is 125 Å². The van der Waals surface area contributed by atoms with E-state index < -0.39 is 0 Å². The third-order valence-corrected chi connectivity index (χ3v) is 6.99. The Labute approximate surface area is 242 Å². The summed E-state index contributed by atoms with van der Waals surface area (Å²) in [4.78, 5) is 40.2. The van der Waals surface area contributed by atoms with Crippen LogP contribution in [-0.4, -0.2) is 48.1 Å².